The lowest BCUT2D eigenvalue weighted by Crippen LogP contribution is -2.30. The molecule has 9 heteroatoms. The fourth-order valence-corrected chi connectivity index (χ4v) is 2.95. The van der Waals surface area contributed by atoms with Crippen molar-refractivity contribution in [1.29, 1.82) is 0 Å². The lowest BCUT2D eigenvalue weighted by Gasteiger charge is -2.18. The molecule has 0 spiro atoms. The van der Waals surface area contributed by atoms with Crippen LogP contribution in [0.5, 0.6) is 5.75 Å². The van der Waals surface area contributed by atoms with Gasteiger partial charge in [0, 0.05) is 24.3 Å². The monoisotopic (exact) mass is 451 g/mol. The van der Waals surface area contributed by atoms with Gasteiger partial charge in [0.1, 0.15) is 5.75 Å². The van der Waals surface area contributed by atoms with E-state index in [0.29, 0.717) is 37.4 Å². The number of nitrogens with one attached hydrogen (secondary N) is 2. The Bertz CT molecular complexity index is 911. The zero-order chi connectivity index (χ0) is 23.7. The Balaban J connectivity index is 2.03. The van der Waals surface area contributed by atoms with Crippen LogP contribution in [-0.4, -0.2) is 43.0 Å². The molecule has 0 unspecified atom stereocenters. The van der Waals surface area contributed by atoms with Crippen LogP contribution in [0.2, 0.25) is 0 Å². The molecule has 0 bridgehead atoms. The number of benzene rings is 2. The maximum atomic E-state index is 13.0. The first kappa shape index (κ1) is 25.0. The van der Waals surface area contributed by atoms with Gasteiger partial charge in [-0.1, -0.05) is 6.92 Å². The lowest BCUT2D eigenvalue weighted by molar-refractivity contribution is -0.137. The SMILES string of the molecule is CCCOc1ccc(C(F)(F)F)cc1NCC(=O)Nc1ccc(C(=O)N(CC)CC)cc1. The van der Waals surface area contributed by atoms with Gasteiger partial charge in [0.25, 0.3) is 5.91 Å². The molecule has 0 atom stereocenters. The number of rotatable bonds is 10. The van der Waals surface area contributed by atoms with Crippen LogP contribution in [0.4, 0.5) is 24.5 Å². The van der Waals surface area contributed by atoms with Crippen LogP contribution in [0.25, 0.3) is 0 Å². The number of hydrogen-bond acceptors (Lipinski definition) is 4. The Morgan fingerprint density at radius 3 is 2.22 bits per heavy atom. The molecule has 2 N–H and O–H groups in total. The predicted molar refractivity (Wildman–Crippen MR) is 118 cm³/mol. The van der Waals surface area contributed by atoms with Crippen molar-refractivity contribution in [3.05, 3.63) is 53.6 Å². The summed E-state index contributed by atoms with van der Waals surface area (Å²) in [6, 6.07) is 9.55. The summed E-state index contributed by atoms with van der Waals surface area (Å²) in [4.78, 5) is 26.3. The molecule has 0 aromatic heterocycles. The normalized spacial score (nSPS) is 11.1. The summed E-state index contributed by atoms with van der Waals surface area (Å²) >= 11 is 0. The van der Waals surface area contributed by atoms with Crippen LogP contribution in [0.3, 0.4) is 0 Å². The van der Waals surface area contributed by atoms with Gasteiger partial charge in [0.15, 0.2) is 0 Å². The van der Waals surface area contributed by atoms with Crippen molar-refractivity contribution in [2.45, 2.75) is 33.4 Å². The summed E-state index contributed by atoms with van der Waals surface area (Å²) < 4.78 is 44.6. The highest BCUT2D eigenvalue weighted by molar-refractivity contribution is 5.96. The van der Waals surface area contributed by atoms with Crippen LogP contribution in [0.15, 0.2) is 42.5 Å². The number of anilines is 2. The van der Waals surface area contributed by atoms with E-state index in [-0.39, 0.29) is 23.9 Å². The van der Waals surface area contributed by atoms with E-state index in [2.05, 4.69) is 10.6 Å². The Kier molecular flexibility index (Phi) is 8.92. The van der Waals surface area contributed by atoms with Gasteiger partial charge >= 0.3 is 6.18 Å². The highest BCUT2D eigenvalue weighted by Crippen LogP contribution is 2.35. The van der Waals surface area contributed by atoms with Crippen molar-refractivity contribution in [3.63, 3.8) is 0 Å². The number of halogens is 3. The number of alkyl halides is 3. The third-order valence-corrected chi connectivity index (χ3v) is 4.67. The average molecular weight is 451 g/mol. The number of ether oxygens (including phenoxy) is 1. The van der Waals surface area contributed by atoms with Gasteiger partial charge in [-0.05, 0) is 62.7 Å². The van der Waals surface area contributed by atoms with Crippen LogP contribution in [0.1, 0.15) is 43.1 Å². The molecular weight excluding hydrogens is 423 g/mol. The Labute approximate surface area is 185 Å². The number of carbonyl (C=O) groups excluding carboxylic acids is 2. The maximum Gasteiger partial charge on any atom is 0.416 e. The number of nitrogens with zero attached hydrogens (tertiary/aromatic N) is 1. The largest absolute Gasteiger partial charge is 0.491 e. The molecule has 0 saturated heterocycles. The van der Waals surface area contributed by atoms with Crippen LogP contribution >= 0.6 is 0 Å². The highest BCUT2D eigenvalue weighted by atomic mass is 19.4. The Morgan fingerprint density at radius 2 is 1.66 bits per heavy atom. The van der Waals surface area contributed by atoms with Crippen molar-refractivity contribution in [3.8, 4) is 5.75 Å². The van der Waals surface area contributed by atoms with Crippen molar-refractivity contribution in [2.24, 2.45) is 0 Å². The quantitative estimate of drug-likeness (QED) is 0.532. The van der Waals surface area contributed by atoms with E-state index < -0.39 is 17.6 Å². The van der Waals surface area contributed by atoms with E-state index in [9.17, 15) is 22.8 Å². The average Bonchev–Trinajstić information content (AvgIpc) is 2.77. The first-order valence-corrected chi connectivity index (χ1v) is 10.5. The summed E-state index contributed by atoms with van der Waals surface area (Å²) in [6.07, 6.45) is -3.82. The molecule has 2 aromatic rings. The second kappa shape index (κ2) is 11.4. The fraction of sp³-hybridized carbons (Fsp3) is 0.391. The highest BCUT2D eigenvalue weighted by Gasteiger charge is 2.31. The predicted octanol–water partition coefficient (Wildman–Crippen LogP) is 5.03. The smallest absolute Gasteiger partial charge is 0.416 e. The van der Waals surface area contributed by atoms with Gasteiger partial charge in [-0.25, -0.2) is 0 Å². The van der Waals surface area contributed by atoms with Crippen LogP contribution in [0, 0.1) is 0 Å². The minimum Gasteiger partial charge on any atom is -0.491 e. The lowest BCUT2D eigenvalue weighted by atomic mass is 10.1. The van der Waals surface area contributed by atoms with E-state index >= 15 is 0 Å². The molecule has 6 nitrogen and oxygen atoms in total. The van der Waals surface area contributed by atoms with Gasteiger partial charge in [-0.2, -0.15) is 13.2 Å². The third-order valence-electron chi connectivity index (χ3n) is 4.67. The van der Waals surface area contributed by atoms with Crippen LogP contribution < -0.4 is 15.4 Å². The van der Waals surface area contributed by atoms with Crippen LogP contribution in [-0.2, 0) is 11.0 Å². The first-order valence-electron chi connectivity index (χ1n) is 10.5. The minimum absolute atomic E-state index is 0.0867. The summed E-state index contributed by atoms with van der Waals surface area (Å²) in [5.41, 5.74) is 0.229. The molecule has 0 fully saturated rings. The maximum absolute atomic E-state index is 13.0. The van der Waals surface area contributed by atoms with Crippen molar-refractivity contribution >= 4 is 23.2 Å². The van der Waals surface area contributed by atoms with E-state index in [0.717, 1.165) is 12.1 Å². The van der Waals surface area contributed by atoms with Gasteiger partial charge in [-0.15, -0.1) is 0 Å². The molecule has 0 aliphatic carbocycles. The van der Waals surface area contributed by atoms with Gasteiger partial charge in [0.2, 0.25) is 5.91 Å². The third kappa shape index (κ3) is 6.90. The van der Waals surface area contributed by atoms with Gasteiger partial charge in [-0.3, -0.25) is 9.59 Å². The Morgan fingerprint density at radius 1 is 1.00 bits per heavy atom. The van der Waals surface area contributed by atoms with Crippen molar-refractivity contribution in [1.82, 2.24) is 4.90 Å². The number of amides is 2. The molecule has 0 radical (unpaired) electrons. The van der Waals surface area contributed by atoms with Crippen molar-refractivity contribution < 1.29 is 27.5 Å². The molecule has 174 valence electrons. The topological polar surface area (TPSA) is 70.7 Å². The van der Waals surface area contributed by atoms with Gasteiger partial charge in [0.05, 0.1) is 24.4 Å². The van der Waals surface area contributed by atoms with E-state index in [1.54, 1.807) is 29.2 Å². The molecule has 2 aromatic carbocycles. The molecule has 2 amide bonds. The second-order valence-electron chi connectivity index (χ2n) is 7.01. The molecule has 32 heavy (non-hydrogen) atoms. The zero-order valence-electron chi connectivity index (χ0n) is 18.4. The molecule has 2 rings (SSSR count). The van der Waals surface area contributed by atoms with Gasteiger partial charge < -0.3 is 20.3 Å². The zero-order valence-corrected chi connectivity index (χ0v) is 18.4. The molecule has 0 aliphatic heterocycles. The Hall–Kier alpha value is -3.23. The molecule has 0 aliphatic rings. The first-order chi connectivity index (χ1) is 15.2. The minimum atomic E-state index is -4.51. The second-order valence-corrected chi connectivity index (χ2v) is 7.01. The van der Waals surface area contributed by atoms with E-state index in [4.69, 9.17) is 4.74 Å². The molecule has 0 heterocycles. The summed E-state index contributed by atoms with van der Waals surface area (Å²) in [6.45, 7) is 6.94. The van der Waals surface area contributed by atoms with E-state index in [1.165, 1.54) is 6.07 Å². The standard InChI is InChI=1S/C23H28F3N3O3/c1-4-13-32-20-12-9-17(23(24,25)26)14-19(20)27-15-21(30)28-18-10-7-16(8-11-18)22(31)29(5-2)6-3/h7-12,14,27H,4-6,13,15H2,1-3H3,(H,28,30). The van der Waals surface area contributed by atoms with Crippen molar-refractivity contribution in [2.75, 3.05) is 36.9 Å². The molecular formula is C23H28F3N3O3. The molecule has 0 saturated carbocycles. The number of hydrogen-bond donors (Lipinski definition) is 2. The number of carbonyl (C=O) groups is 2. The summed E-state index contributed by atoms with van der Waals surface area (Å²) in [5.74, 6) is -0.308. The summed E-state index contributed by atoms with van der Waals surface area (Å²) in [7, 11) is 0. The summed E-state index contributed by atoms with van der Waals surface area (Å²) in [5, 5.41) is 5.37. The fourth-order valence-electron chi connectivity index (χ4n) is 2.95. The van der Waals surface area contributed by atoms with E-state index in [1.807, 2.05) is 20.8 Å².